The summed E-state index contributed by atoms with van der Waals surface area (Å²) < 4.78 is 0. The van der Waals surface area contributed by atoms with Crippen LogP contribution >= 0.6 is 0 Å². The molecule has 6 heteroatoms. The van der Waals surface area contributed by atoms with E-state index < -0.39 is 11.8 Å². The van der Waals surface area contributed by atoms with Crippen LogP contribution < -0.4 is 15.5 Å². The van der Waals surface area contributed by atoms with Crippen molar-refractivity contribution in [3.63, 3.8) is 0 Å². The largest absolute Gasteiger partial charge is 0.369 e. The Morgan fingerprint density at radius 2 is 1.28 bits per heavy atom. The molecule has 1 fully saturated rings. The standard InChI is InChI=1S/C23H30N4O2/c1-26-15-17-27(18-16-26)21-9-7-20(8-10-21)12-14-25-23(29)22(28)24-13-11-19-5-3-2-4-6-19/h2-10H,11-18H2,1H3,(H,24,28)(H,25,29). The molecule has 29 heavy (non-hydrogen) atoms. The molecule has 0 saturated carbocycles. The third-order valence-corrected chi connectivity index (χ3v) is 5.25. The number of benzene rings is 2. The summed E-state index contributed by atoms with van der Waals surface area (Å²) in [5.74, 6) is -1.15. The second-order valence-electron chi connectivity index (χ2n) is 7.45. The molecule has 0 aromatic heterocycles. The van der Waals surface area contributed by atoms with Gasteiger partial charge in [-0.05, 0) is 43.1 Å². The van der Waals surface area contributed by atoms with Gasteiger partial charge in [0.1, 0.15) is 0 Å². The van der Waals surface area contributed by atoms with E-state index in [4.69, 9.17) is 0 Å². The molecule has 2 aromatic rings. The fraction of sp³-hybridized carbons (Fsp3) is 0.391. The summed E-state index contributed by atoms with van der Waals surface area (Å²) in [6, 6.07) is 18.3. The molecule has 0 bridgehead atoms. The number of nitrogens with zero attached hydrogens (tertiary/aromatic N) is 2. The highest BCUT2D eigenvalue weighted by Crippen LogP contribution is 2.17. The number of amides is 2. The van der Waals surface area contributed by atoms with E-state index in [0.29, 0.717) is 25.9 Å². The maximum atomic E-state index is 11.9. The van der Waals surface area contributed by atoms with Crippen molar-refractivity contribution in [3.8, 4) is 0 Å². The Labute approximate surface area is 172 Å². The summed E-state index contributed by atoms with van der Waals surface area (Å²) >= 11 is 0. The van der Waals surface area contributed by atoms with Crippen molar-refractivity contribution in [3.05, 3.63) is 65.7 Å². The van der Waals surface area contributed by atoms with Crippen LogP contribution in [0.15, 0.2) is 54.6 Å². The first-order valence-electron chi connectivity index (χ1n) is 10.2. The molecule has 3 rings (SSSR count). The zero-order valence-corrected chi connectivity index (χ0v) is 17.1. The third-order valence-electron chi connectivity index (χ3n) is 5.25. The number of likely N-dealkylation sites (N-methyl/N-ethyl adjacent to an activating group) is 1. The van der Waals surface area contributed by atoms with Crippen LogP contribution in [-0.4, -0.2) is 63.0 Å². The van der Waals surface area contributed by atoms with Crippen molar-refractivity contribution < 1.29 is 9.59 Å². The van der Waals surface area contributed by atoms with Crippen LogP contribution in [0.4, 0.5) is 5.69 Å². The molecule has 154 valence electrons. The first kappa shape index (κ1) is 20.9. The Morgan fingerprint density at radius 3 is 1.83 bits per heavy atom. The third kappa shape index (κ3) is 6.61. The maximum Gasteiger partial charge on any atom is 0.309 e. The van der Waals surface area contributed by atoms with Gasteiger partial charge in [0, 0.05) is 45.0 Å². The monoisotopic (exact) mass is 394 g/mol. The molecule has 0 spiro atoms. The number of piperazine rings is 1. The molecule has 1 aliphatic heterocycles. The molecule has 0 atom stereocenters. The lowest BCUT2D eigenvalue weighted by Gasteiger charge is -2.34. The van der Waals surface area contributed by atoms with E-state index in [-0.39, 0.29) is 0 Å². The second-order valence-corrected chi connectivity index (χ2v) is 7.45. The van der Waals surface area contributed by atoms with E-state index in [9.17, 15) is 9.59 Å². The van der Waals surface area contributed by atoms with Crippen molar-refractivity contribution in [1.29, 1.82) is 0 Å². The lowest BCUT2D eigenvalue weighted by atomic mass is 10.1. The number of carbonyl (C=O) groups excluding carboxylic acids is 2. The van der Waals surface area contributed by atoms with Crippen LogP contribution in [0.5, 0.6) is 0 Å². The van der Waals surface area contributed by atoms with Crippen LogP contribution in [0.25, 0.3) is 0 Å². The zero-order valence-electron chi connectivity index (χ0n) is 17.1. The highest BCUT2D eigenvalue weighted by atomic mass is 16.2. The number of hydrogen-bond acceptors (Lipinski definition) is 4. The van der Waals surface area contributed by atoms with Gasteiger partial charge < -0.3 is 20.4 Å². The minimum absolute atomic E-state index is 0.443. The normalized spacial score (nSPS) is 14.4. The molecule has 1 heterocycles. The van der Waals surface area contributed by atoms with Crippen LogP contribution in [0.3, 0.4) is 0 Å². The molecule has 2 amide bonds. The van der Waals surface area contributed by atoms with Gasteiger partial charge in [0.05, 0.1) is 0 Å². The van der Waals surface area contributed by atoms with Gasteiger partial charge in [0.25, 0.3) is 0 Å². The predicted octanol–water partition coefficient (Wildman–Crippen LogP) is 1.46. The van der Waals surface area contributed by atoms with Crippen LogP contribution in [0.1, 0.15) is 11.1 Å². The quantitative estimate of drug-likeness (QED) is 0.698. The average Bonchev–Trinajstić information content (AvgIpc) is 2.75. The van der Waals surface area contributed by atoms with Crippen LogP contribution in [0.2, 0.25) is 0 Å². The summed E-state index contributed by atoms with van der Waals surface area (Å²) in [6.07, 6.45) is 1.41. The molecule has 0 unspecified atom stereocenters. The minimum atomic E-state index is -0.577. The first-order chi connectivity index (χ1) is 14.1. The molecule has 2 N–H and O–H groups in total. The Kier molecular flexibility index (Phi) is 7.64. The smallest absolute Gasteiger partial charge is 0.309 e. The molecule has 0 radical (unpaired) electrons. The van der Waals surface area contributed by atoms with Gasteiger partial charge >= 0.3 is 11.8 Å². The zero-order chi connectivity index (χ0) is 20.5. The van der Waals surface area contributed by atoms with E-state index in [1.165, 1.54) is 5.69 Å². The van der Waals surface area contributed by atoms with Crippen molar-refractivity contribution in [2.45, 2.75) is 12.8 Å². The fourth-order valence-corrected chi connectivity index (χ4v) is 3.38. The highest BCUT2D eigenvalue weighted by molar-refractivity contribution is 6.35. The van der Waals surface area contributed by atoms with Gasteiger partial charge in [0.2, 0.25) is 0 Å². The van der Waals surface area contributed by atoms with Gasteiger partial charge in [-0.3, -0.25) is 9.59 Å². The SMILES string of the molecule is CN1CCN(c2ccc(CCNC(=O)C(=O)NCCc3ccccc3)cc2)CC1. The molecule has 1 saturated heterocycles. The topological polar surface area (TPSA) is 64.7 Å². The summed E-state index contributed by atoms with van der Waals surface area (Å²) in [5, 5.41) is 5.36. The number of anilines is 1. The molecule has 1 aliphatic rings. The van der Waals surface area contributed by atoms with Crippen LogP contribution in [0, 0.1) is 0 Å². The van der Waals surface area contributed by atoms with Gasteiger partial charge in [-0.25, -0.2) is 0 Å². The van der Waals surface area contributed by atoms with Crippen molar-refractivity contribution in [2.75, 3.05) is 51.2 Å². The van der Waals surface area contributed by atoms with Crippen LogP contribution in [-0.2, 0) is 22.4 Å². The number of carbonyl (C=O) groups is 2. The van der Waals surface area contributed by atoms with Crippen molar-refractivity contribution in [2.24, 2.45) is 0 Å². The number of nitrogens with one attached hydrogen (secondary N) is 2. The lowest BCUT2D eigenvalue weighted by molar-refractivity contribution is -0.139. The Hall–Kier alpha value is -2.86. The number of hydrogen-bond donors (Lipinski definition) is 2. The fourth-order valence-electron chi connectivity index (χ4n) is 3.38. The minimum Gasteiger partial charge on any atom is -0.369 e. The predicted molar refractivity (Wildman–Crippen MR) is 116 cm³/mol. The molecular weight excluding hydrogens is 364 g/mol. The average molecular weight is 395 g/mol. The van der Waals surface area contributed by atoms with E-state index in [1.54, 1.807) is 0 Å². The second kappa shape index (κ2) is 10.6. The van der Waals surface area contributed by atoms with Gasteiger partial charge in [-0.2, -0.15) is 0 Å². The van der Waals surface area contributed by atoms with Crippen molar-refractivity contribution in [1.82, 2.24) is 15.5 Å². The summed E-state index contributed by atoms with van der Waals surface area (Å²) in [7, 11) is 2.15. The van der Waals surface area contributed by atoms with Gasteiger partial charge in [0.15, 0.2) is 0 Å². The summed E-state index contributed by atoms with van der Waals surface area (Å²) in [4.78, 5) is 28.5. The Bertz CT molecular complexity index is 784. The van der Waals surface area contributed by atoms with Gasteiger partial charge in [-0.1, -0.05) is 42.5 Å². The molecule has 0 aliphatic carbocycles. The lowest BCUT2D eigenvalue weighted by Crippen LogP contribution is -2.44. The number of rotatable bonds is 7. The maximum absolute atomic E-state index is 11.9. The van der Waals surface area contributed by atoms with E-state index in [1.807, 2.05) is 30.3 Å². The summed E-state index contributed by atoms with van der Waals surface area (Å²) in [6.45, 7) is 5.15. The summed E-state index contributed by atoms with van der Waals surface area (Å²) in [5.41, 5.74) is 3.52. The Balaban J connectivity index is 1.34. The highest BCUT2D eigenvalue weighted by Gasteiger charge is 2.14. The molecule has 6 nitrogen and oxygen atoms in total. The molecule has 2 aromatic carbocycles. The van der Waals surface area contributed by atoms with Crippen molar-refractivity contribution >= 4 is 17.5 Å². The van der Waals surface area contributed by atoms with E-state index >= 15 is 0 Å². The van der Waals surface area contributed by atoms with E-state index in [0.717, 1.165) is 37.3 Å². The van der Waals surface area contributed by atoms with E-state index in [2.05, 4.69) is 51.7 Å². The molecular formula is C23H30N4O2. The first-order valence-corrected chi connectivity index (χ1v) is 10.2. The van der Waals surface area contributed by atoms with Gasteiger partial charge in [-0.15, -0.1) is 0 Å². The Morgan fingerprint density at radius 1 is 0.759 bits per heavy atom.